The molecule has 27 heavy (non-hydrogen) atoms. The van der Waals surface area contributed by atoms with E-state index in [0.29, 0.717) is 13.0 Å². The second kappa shape index (κ2) is 8.46. The molecule has 2 aromatic rings. The van der Waals surface area contributed by atoms with E-state index in [1.165, 1.54) is 0 Å². The number of H-pyrrole nitrogens is 1. The zero-order valence-electron chi connectivity index (χ0n) is 17.2. The average Bonchev–Trinajstić information content (AvgIpc) is 2.89. The van der Waals surface area contributed by atoms with E-state index in [-0.39, 0.29) is 30.1 Å². The number of hydrogen-bond donors (Lipinski definition) is 2. The second-order valence-corrected chi connectivity index (χ2v) is 8.05. The number of esters is 1. The molecule has 2 rings (SSSR count). The number of fused-ring (bicyclic) bond motifs is 1. The molecule has 0 aliphatic heterocycles. The van der Waals surface area contributed by atoms with Gasteiger partial charge in [-0.1, -0.05) is 18.2 Å². The molecule has 0 bridgehead atoms. The highest BCUT2D eigenvalue weighted by molar-refractivity contribution is 5.86. The summed E-state index contributed by atoms with van der Waals surface area (Å²) >= 11 is 0. The molecule has 0 atom stereocenters. The maximum absolute atomic E-state index is 12.3. The van der Waals surface area contributed by atoms with Crippen LogP contribution in [0.15, 0.2) is 24.3 Å². The van der Waals surface area contributed by atoms with Crippen LogP contribution < -0.4 is 5.32 Å². The summed E-state index contributed by atoms with van der Waals surface area (Å²) in [6.07, 6.45) is 0.688. The summed E-state index contributed by atoms with van der Waals surface area (Å²) in [6.45, 7) is 10.1. The molecule has 0 radical (unpaired) electrons. The van der Waals surface area contributed by atoms with E-state index >= 15 is 0 Å². The van der Waals surface area contributed by atoms with Gasteiger partial charge in [0, 0.05) is 35.7 Å². The van der Waals surface area contributed by atoms with Crippen molar-refractivity contribution in [3.63, 3.8) is 0 Å². The molecule has 0 aliphatic rings. The number of amides is 2. The molecule has 6 heteroatoms. The van der Waals surface area contributed by atoms with E-state index < -0.39 is 0 Å². The Morgan fingerprint density at radius 2 is 1.89 bits per heavy atom. The average molecular weight is 373 g/mol. The van der Waals surface area contributed by atoms with Crippen LogP contribution in [0.25, 0.3) is 10.9 Å². The van der Waals surface area contributed by atoms with E-state index in [4.69, 9.17) is 4.74 Å². The molecule has 0 spiro atoms. The van der Waals surface area contributed by atoms with Crippen molar-refractivity contribution < 1.29 is 14.3 Å². The Kier molecular flexibility index (Phi) is 6.52. The second-order valence-electron chi connectivity index (χ2n) is 8.05. The zero-order chi connectivity index (χ0) is 20.2. The third-order valence-corrected chi connectivity index (χ3v) is 4.55. The van der Waals surface area contributed by atoms with Gasteiger partial charge in [-0.05, 0) is 52.7 Å². The number of aromatic nitrogens is 1. The number of para-hydroxylation sites is 1. The van der Waals surface area contributed by atoms with Crippen LogP contribution in [-0.4, -0.2) is 47.1 Å². The van der Waals surface area contributed by atoms with Crippen molar-refractivity contribution in [2.75, 3.05) is 13.6 Å². The lowest BCUT2D eigenvalue weighted by Gasteiger charge is -2.32. The highest BCUT2D eigenvalue weighted by atomic mass is 16.5. The minimum atomic E-state index is -0.255. The first-order valence-corrected chi connectivity index (χ1v) is 9.39. The number of nitrogens with one attached hydrogen (secondary N) is 2. The van der Waals surface area contributed by atoms with Crippen LogP contribution in [0.3, 0.4) is 0 Å². The largest absolute Gasteiger partial charge is 0.463 e. The van der Waals surface area contributed by atoms with Crippen molar-refractivity contribution in [2.45, 2.75) is 59.1 Å². The standard InChI is InChI=1S/C21H31N3O3/c1-14(2)27-19(25)13-18-16(15-9-7-8-10-17(15)23-18)11-12-22-20(26)24(6)21(3,4)5/h7-10,14,23H,11-13H2,1-6H3,(H,22,26). The fourth-order valence-electron chi connectivity index (χ4n) is 2.86. The van der Waals surface area contributed by atoms with Crippen LogP contribution >= 0.6 is 0 Å². The van der Waals surface area contributed by atoms with Gasteiger partial charge in [0.1, 0.15) is 0 Å². The lowest BCUT2D eigenvalue weighted by Crippen LogP contribution is -2.48. The highest BCUT2D eigenvalue weighted by Crippen LogP contribution is 2.23. The van der Waals surface area contributed by atoms with Crippen molar-refractivity contribution in [2.24, 2.45) is 0 Å². The summed E-state index contributed by atoms with van der Waals surface area (Å²) in [5, 5.41) is 4.03. The molecule has 6 nitrogen and oxygen atoms in total. The first-order chi connectivity index (χ1) is 12.6. The van der Waals surface area contributed by atoms with Crippen LogP contribution in [0.2, 0.25) is 0 Å². The Morgan fingerprint density at radius 3 is 2.52 bits per heavy atom. The Hall–Kier alpha value is -2.50. The summed E-state index contributed by atoms with van der Waals surface area (Å²) in [4.78, 5) is 29.4. The van der Waals surface area contributed by atoms with Gasteiger partial charge in [0.15, 0.2) is 0 Å². The smallest absolute Gasteiger partial charge is 0.317 e. The maximum Gasteiger partial charge on any atom is 0.317 e. The molecule has 0 aliphatic carbocycles. The van der Waals surface area contributed by atoms with Gasteiger partial charge in [0.2, 0.25) is 0 Å². The Bertz CT molecular complexity index is 803. The molecule has 2 amide bonds. The number of urea groups is 1. The summed E-state index contributed by atoms with van der Waals surface area (Å²) in [5.74, 6) is -0.255. The number of rotatable bonds is 6. The quantitative estimate of drug-likeness (QED) is 0.759. The maximum atomic E-state index is 12.3. The summed E-state index contributed by atoms with van der Waals surface area (Å²) in [7, 11) is 1.79. The van der Waals surface area contributed by atoms with Gasteiger partial charge in [0.25, 0.3) is 0 Å². The van der Waals surface area contributed by atoms with Crippen molar-refractivity contribution in [1.82, 2.24) is 15.2 Å². The Labute approximate surface area is 161 Å². The van der Waals surface area contributed by atoms with Crippen molar-refractivity contribution >= 4 is 22.9 Å². The number of nitrogens with zero attached hydrogens (tertiary/aromatic N) is 1. The van der Waals surface area contributed by atoms with Crippen LogP contribution in [0, 0.1) is 0 Å². The van der Waals surface area contributed by atoms with Gasteiger partial charge in [-0.25, -0.2) is 4.79 Å². The predicted molar refractivity (Wildman–Crippen MR) is 108 cm³/mol. The number of aromatic amines is 1. The van der Waals surface area contributed by atoms with Gasteiger partial charge in [-0.15, -0.1) is 0 Å². The van der Waals surface area contributed by atoms with Crippen LogP contribution in [0.1, 0.15) is 45.9 Å². The number of ether oxygens (including phenoxy) is 1. The molecule has 1 aromatic heterocycles. The molecular formula is C21H31N3O3. The molecule has 0 fully saturated rings. The molecule has 0 saturated carbocycles. The van der Waals surface area contributed by atoms with Gasteiger partial charge < -0.3 is 19.9 Å². The minimum absolute atomic E-state index is 0.108. The Morgan fingerprint density at radius 1 is 1.22 bits per heavy atom. The number of hydrogen-bond acceptors (Lipinski definition) is 3. The van der Waals surface area contributed by atoms with E-state index in [1.54, 1.807) is 11.9 Å². The molecule has 1 heterocycles. The molecule has 2 N–H and O–H groups in total. The summed E-state index contributed by atoms with van der Waals surface area (Å²) < 4.78 is 5.28. The van der Waals surface area contributed by atoms with Crippen LogP contribution in [-0.2, 0) is 22.4 Å². The van der Waals surface area contributed by atoms with Gasteiger partial charge in [-0.3, -0.25) is 4.79 Å². The van der Waals surface area contributed by atoms with Gasteiger partial charge in [-0.2, -0.15) is 0 Å². The van der Waals surface area contributed by atoms with E-state index in [9.17, 15) is 9.59 Å². The first kappa shape index (κ1) is 20.8. The summed E-state index contributed by atoms with van der Waals surface area (Å²) in [5.41, 5.74) is 2.64. The molecule has 0 unspecified atom stereocenters. The lowest BCUT2D eigenvalue weighted by atomic mass is 10.1. The van der Waals surface area contributed by atoms with Crippen molar-refractivity contribution in [1.29, 1.82) is 0 Å². The van der Waals surface area contributed by atoms with Gasteiger partial charge in [0.05, 0.1) is 12.5 Å². The third kappa shape index (κ3) is 5.49. The van der Waals surface area contributed by atoms with Crippen molar-refractivity contribution in [3.8, 4) is 0 Å². The fraction of sp³-hybridized carbons (Fsp3) is 0.524. The first-order valence-electron chi connectivity index (χ1n) is 9.39. The number of benzene rings is 1. The molecule has 1 aromatic carbocycles. The van der Waals surface area contributed by atoms with Crippen LogP contribution in [0.4, 0.5) is 4.79 Å². The molecule has 0 saturated heterocycles. The summed E-state index contributed by atoms with van der Waals surface area (Å²) in [6, 6.07) is 7.84. The van der Waals surface area contributed by atoms with Crippen LogP contribution in [0.5, 0.6) is 0 Å². The topological polar surface area (TPSA) is 74.4 Å². The third-order valence-electron chi connectivity index (χ3n) is 4.55. The van der Waals surface area contributed by atoms with E-state index in [0.717, 1.165) is 22.2 Å². The minimum Gasteiger partial charge on any atom is -0.463 e. The lowest BCUT2D eigenvalue weighted by molar-refractivity contribution is -0.146. The molecular weight excluding hydrogens is 342 g/mol. The van der Waals surface area contributed by atoms with Gasteiger partial charge >= 0.3 is 12.0 Å². The monoisotopic (exact) mass is 373 g/mol. The Balaban J connectivity index is 2.12. The van der Waals surface area contributed by atoms with E-state index in [2.05, 4.69) is 10.3 Å². The van der Waals surface area contributed by atoms with Crippen molar-refractivity contribution in [3.05, 3.63) is 35.5 Å². The SMILES string of the molecule is CC(C)OC(=O)Cc1[nH]c2ccccc2c1CCNC(=O)N(C)C(C)(C)C. The number of carbonyl (C=O) groups excluding carboxylic acids is 2. The fourth-order valence-corrected chi connectivity index (χ4v) is 2.86. The molecule has 148 valence electrons. The highest BCUT2D eigenvalue weighted by Gasteiger charge is 2.22. The zero-order valence-corrected chi connectivity index (χ0v) is 17.2. The normalized spacial score (nSPS) is 11.7. The predicted octanol–water partition coefficient (Wildman–Crippen LogP) is 3.64. The van der Waals surface area contributed by atoms with E-state index in [1.807, 2.05) is 58.9 Å². The number of carbonyl (C=O) groups is 2.